The molecule has 0 N–H and O–H groups in total. The molecule has 1 heterocycles. The first kappa shape index (κ1) is 35.7. The van der Waals surface area contributed by atoms with Crippen molar-refractivity contribution in [3.8, 4) is 6.07 Å². The molecule has 0 amide bonds. The number of fused-ring (bicyclic) bond motifs is 1. The van der Waals surface area contributed by atoms with Gasteiger partial charge < -0.3 is 4.74 Å². The van der Waals surface area contributed by atoms with E-state index in [1.54, 1.807) is 6.92 Å². The van der Waals surface area contributed by atoms with E-state index in [0.29, 0.717) is 29.9 Å². The van der Waals surface area contributed by atoms with Gasteiger partial charge in [-0.05, 0) is 89.5 Å². The highest BCUT2D eigenvalue weighted by molar-refractivity contribution is 6.10. The minimum absolute atomic E-state index is 0.0391. The number of hydrogen-bond acceptors (Lipinski definition) is 5. The number of ketones is 1. The van der Waals surface area contributed by atoms with E-state index >= 15 is 0 Å². The molecule has 0 radical (unpaired) electrons. The Labute approximate surface area is 252 Å². The molecule has 1 aliphatic carbocycles. The van der Waals surface area contributed by atoms with Gasteiger partial charge in [-0.2, -0.15) is 10.1 Å². The molecule has 0 aromatic heterocycles. The Hall–Kier alpha value is -1.48. The van der Waals surface area contributed by atoms with Crippen molar-refractivity contribution in [1.29, 1.82) is 5.26 Å². The van der Waals surface area contributed by atoms with Gasteiger partial charge in [0, 0.05) is 16.7 Å². The second-order valence-corrected chi connectivity index (χ2v) is 14.8. The average molecular weight is 572 g/mol. The molecule has 1 fully saturated rings. The van der Waals surface area contributed by atoms with Crippen LogP contribution >= 0.6 is 0 Å². The summed E-state index contributed by atoms with van der Waals surface area (Å²) in [7, 11) is 0. The number of carbonyl (C=O) groups excluding carboxylic acids is 1. The topological polar surface area (TPSA) is 68.6 Å². The summed E-state index contributed by atoms with van der Waals surface area (Å²) < 4.78 is 6.94. The van der Waals surface area contributed by atoms with Crippen molar-refractivity contribution in [2.24, 2.45) is 23.7 Å². The number of hydrogen-bond donors (Lipinski definition) is 0. The van der Waals surface area contributed by atoms with E-state index in [-0.39, 0.29) is 11.7 Å². The van der Waals surface area contributed by atoms with E-state index in [1.807, 2.05) is 20.8 Å². The van der Waals surface area contributed by atoms with Gasteiger partial charge in [-0.3, -0.25) is 4.79 Å². The number of carbonyl (C=O) groups is 1. The smallest absolute Gasteiger partial charge is 0.247 e. The molecule has 5 nitrogen and oxygen atoms in total. The molecular weight excluding hydrogens is 510 g/mol. The predicted molar refractivity (Wildman–Crippen MR) is 168 cm³/mol. The van der Waals surface area contributed by atoms with Gasteiger partial charge in [-0.25, -0.2) is 4.89 Å². The van der Waals surface area contributed by atoms with Crippen molar-refractivity contribution < 1.29 is 19.3 Å². The first-order valence-corrected chi connectivity index (χ1v) is 16.5. The van der Waals surface area contributed by atoms with Crippen molar-refractivity contribution in [3.05, 3.63) is 22.3 Å². The lowest BCUT2D eigenvalue weighted by Crippen LogP contribution is -2.54. The van der Waals surface area contributed by atoms with Crippen LogP contribution in [-0.2, 0) is 19.3 Å². The van der Waals surface area contributed by atoms with Crippen molar-refractivity contribution >= 4 is 5.78 Å². The Morgan fingerprint density at radius 3 is 2.00 bits per heavy atom. The Kier molecular flexibility index (Phi) is 13.3. The molecule has 0 unspecified atom stereocenters. The summed E-state index contributed by atoms with van der Waals surface area (Å²) in [4.78, 5) is 25.3. The number of ether oxygens (including phenoxy) is 1. The molecular formula is C36H61NO4. The van der Waals surface area contributed by atoms with Crippen LogP contribution in [0.5, 0.6) is 0 Å². The average Bonchev–Trinajstić information content (AvgIpc) is 2.89. The Morgan fingerprint density at radius 1 is 0.902 bits per heavy atom. The number of allylic oxidation sites excluding steroid dienone is 2. The van der Waals surface area contributed by atoms with Crippen molar-refractivity contribution in [2.45, 2.75) is 170 Å². The maximum absolute atomic E-state index is 13.0. The lowest BCUT2D eigenvalue weighted by molar-refractivity contribution is -0.452. The summed E-state index contributed by atoms with van der Waals surface area (Å²) in [6.45, 7) is 23.1. The fourth-order valence-electron chi connectivity index (χ4n) is 6.72. The molecule has 41 heavy (non-hydrogen) atoms. The van der Waals surface area contributed by atoms with Crippen LogP contribution in [0.25, 0.3) is 0 Å². The van der Waals surface area contributed by atoms with Crippen LogP contribution in [0.15, 0.2) is 22.3 Å². The summed E-state index contributed by atoms with van der Waals surface area (Å²) in [5.74, 6) is 1.35. The maximum atomic E-state index is 13.0. The first-order chi connectivity index (χ1) is 19.1. The van der Waals surface area contributed by atoms with Crippen LogP contribution < -0.4 is 0 Å². The Morgan fingerprint density at radius 2 is 1.46 bits per heavy atom. The monoisotopic (exact) mass is 571 g/mol. The zero-order valence-electron chi connectivity index (χ0n) is 28.4. The molecule has 0 aromatic rings. The van der Waals surface area contributed by atoms with Crippen molar-refractivity contribution in [2.75, 3.05) is 0 Å². The number of rotatable bonds is 17. The van der Waals surface area contributed by atoms with Gasteiger partial charge in [0.25, 0.3) is 0 Å². The second kappa shape index (κ2) is 15.3. The maximum Gasteiger partial charge on any atom is 0.247 e. The summed E-state index contributed by atoms with van der Waals surface area (Å²) in [5.41, 5.74) is 1.34. The van der Waals surface area contributed by atoms with Gasteiger partial charge in [-0.1, -0.05) is 92.9 Å². The molecule has 0 aromatic carbocycles. The van der Waals surface area contributed by atoms with Gasteiger partial charge in [0.05, 0.1) is 5.60 Å². The normalized spacial score (nSPS) is 26.3. The molecule has 0 saturated carbocycles. The third-order valence-corrected chi connectivity index (χ3v) is 9.53. The highest BCUT2D eigenvalue weighted by Gasteiger charge is 2.54. The van der Waals surface area contributed by atoms with Crippen LogP contribution in [0, 0.1) is 35.0 Å². The van der Waals surface area contributed by atoms with Gasteiger partial charge in [0.2, 0.25) is 5.79 Å². The van der Waals surface area contributed by atoms with E-state index in [9.17, 15) is 10.1 Å². The van der Waals surface area contributed by atoms with Crippen molar-refractivity contribution in [3.63, 3.8) is 0 Å². The van der Waals surface area contributed by atoms with E-state index < -0.39 is 17.0 Å². The molecule has 2 aliphatic rings. The van der Waals surface area contributed by atoms with Crippen LogP contribution in [0.2, 0.25) is 0 Å². The molecule has 5 heteroatoms. The summed E-state index contributed by atoms with van der Waals surface area (Å²) in [6.07, 6.45) is 13.2. The molecule has 0 bridgehead atoms. The summed E-state index contributed by atoms with van der Waals surface area (Å²) in [5, 5.41) is 9.92. The molecule has 0 spiro atoms. The van der Waals surface area contributed by atoms with Gasteiger partial charge >= 0.3 is 0 Å². The van der Waals surface area contributed by atoms with Crippen LogP contribution in [0.4, 0.5) is 0 Å². The van der Waals surface area contributed by atoms with Crippen LogP contribution in [0.1, 0.15) is 153 Å². The molecule has 5 atom stereocenters. The minimum Gasteiger partial charge on any atom is -0.334 e. The SMILES string of the molecule is CC1=C(C)[C@@]2(OO[C@](C)(C#N)CC(C)C)O[C@](C)(CCC[C@H](C)CCC[C@H](C)CCCC(C)C)CCC2=C(C)C1=O. The Bertz CT molecular complexity index is 988. The largest absolute Gasteiger partial charge is 0.334 e. The van der Waals surface area contributed by atoms with Gasteiger partial charge in [0.15, 0.2) is 11.4 Å². The number of nitrogens with zero attached hydrogens (tertiary/aromatic N) is 1. The second-order valence-electron chi connectivity index (χ2n) is 14.8. The van der Waals surface area contributed by atoms with Gasteiger partial charge in [-0.15, -0.1) is 0 Å². The van der Waals surface area contributed by atoms with Crippen molar-refractivity contribution in [1.82, 2.24) is 0 Å². The zero-order chi connectivity index (χ0) is 31.0. The lowest BCUT2D eigenvalue weighted by atomic mass is 9.75. The molecule has 234 valence electrons. The molecule has 1 saturated heterocycles. The highest BCUT2D eigenvalue weighted by Crippen LogP contribution is 2.51. The van der Waals surface area contributed by atoms with Gasteiger partial charge in [0.1, 0.15) is 6.07 Å². The minimum atomic E-state index is -1.28. The highest BCUT2D eigenvalue weighted by atomic mass is 17.2. The van der Waals surface area contributed by atoms with Crippen LogP contribution in [-0.4, -0.2) is 22.8 Å². The van der Waals surface area contributed by atoms with E-state index in [4.69, 9.17) is 14.5 Å². The van der Waals surface area contributed by atoms with E-state index in [0.717, 1.165) is 42.2 Å². The van der Waals surface area contributed by atoms with Crippen LogP contribution in [0.3, 0.4) is 0 Å². The molecule has 1 aliphatic heterocycles. The van der Waals surface area contributed by atoms with E-state index in [1.165, 1.54) is 44.9 Å². The van der Waals surface area contributed by atoms with E-state index in [2.05, 4.69) is 54.5 Å². The fraction of sp³-hybridized carbons (Fsp3) is 0.833. The lowest BCUT2D eigenvalue weighted by Gasteiger charge is -2.50. The third kappa shape index (κ3) is 9.77. The number of Topliss-reactive ketones (excluding diaryl/α,β-unsaturated/α-hetero) is 1. The fourth-order valence-corrected chi connectivity index (χ4v) is 6.72. The standard InChI is InChI=1S/C36H61NO4/c1-25(2)15-12-16-27(5)17-13-18-28(6)19-14-21-34(10)22-20-32-30(8)33(38)29(7)31(9)36(32,39-34)41-40-35(11,24-37)23-26(3)4/h25-28H,12-23H2,1-11H3/t27-,28-,34-,35+,36+/m1/s1. The Balaban J connectivity index is 2.05. The first-order valence-electron chi connectivity index (χ1n) is 16.5. The molecule has 2 rings (SSSR count). The number of nitriles is 1. The summed E-state index contributed by atoms with van der Waals surface area (Å²) >= 11 is 0. The quantitative estimate of drug-likeness (QED) is 0.128. The zero-order valence-corrected chi connectivity index (χ0v) is 28.4. The predicted octanol–water partition coefficient (Wildman–Crippen LogP) is 10.2. The third-order valence-electron chi connectivity index (χ3n) is 9.53. The summed E-state index contributed by atoms with van der Waals surface area (Å²) in [6, 6.07) is 2.29.